The maximum absolute atomic E-state index is 12.2. The summed E-state index contributed by atoms with van der Waals surface area (Å²) < 4.78 is 0. The molecule has 0 bridgehead atoms. The second-order valence-corrected chi connectivity index (χ2v) is 4.11. The first-order valence-electron chi connectivity index (χ1n) is 5.58. The van der Waals surface area contributed by atoms with E-state index in [0.29, 0.717) is 11.1 Å². The summed E-state index contributed by atoms with van der Waals surface area (Å²) in [5, 5.41) is 14.6. The fraction of sp³-hybridized carbons (Fsp3) is 0.0769. The van der Waals surface area contributed by atoms with Crippen LogP contribution in [0.1, 0.15) is 11.1 Å². The van der Waals surface area contributed by atoms with E-state index in [1.54, 1.807) is 24.3 Å². The SMILES string of the molecule is O=C1C2=C(C=CC1[N+](=O)[O-])ON=Cc1ccccc12. The van der Waals surface area contributed by atoms with Gasteiger partial charge in [-0.25, -0.2) is 0 Å². The lowest BCUT2D eigenvalue weighted by Crippen LogP contribution is -2.31. The Morgan fingerprint density at radius 1 is 1.32 bits per heavy atom. The van der Waals surface area contributed by atoms with E-state index in [2.05, 4.69) is 5.16 Å². The van der Waals surface area contributed by atoms with Crippen LogP contribution in [0.3, 0.4) is 0 Å². The zero-order valence-corrected chi connectivity index (χ0v) is 9.65. The summed E-state index contributed by atoms with van der Waals surface area (Å²) in [6, 6.07) is 5.68. The Hall–Kier alpha value is -2.76. The Morgan fingerprint density at radius 3 is 2.89 bits per heavy atom. The number of hydrogen-bond donors (Lipinski definition) is 0. The number of rotatable bonds is 1. The van der Waals surface area contributed by atoms with Gasteiger partial charge in [-0.3, -0.25) is 14.9 Å². The molecule has 1 heterocycles. The lowest BCUT2D eigenvalue weighted by molar-refractivity contribution is -0.494. The highest BCUT2D eigenvalue weighted by Crippen LogP contribution is 2.31. The molecule has 6 nitrogen and oxygen atoms in total. The lowest BCUT2D eigenvalue weighted by Gasteiger charge is -2.15. The molecule has 1 aromatic rings. The van der Waals surface area contributed by atoms with Gasteiger partial charge in [-0.1, -0.05) is 29.4 Å². The monoisotopic (exact) mass is 256 g/mol. The van der Waals surface area contributed by atoms with Crippen molar-refractivity contribution in [2.24, 2.45) is 5.16 Å². The minimum absolute atomic E-state index is 0.206. The fourth-order valence-electron chi connectivity index (χ4n) is 2.10. The van der Waals surface area contributed by atoms with E-state index in [-0.39, 0.29) is 11.3 Å². The van der Waals surface area contributed by atoms with E-state index in [1.807, 2.05) is 0 Å². The fourth-order valence-corrected chi connectivity index (χ4v) is 2.10. The number of ketones is 1. The minimum Gasteiger partial charge on any atom is -0.356 e. The number of oxime groups is 1. The highest BCUT2D eigenvalue weighted by molar-refractivity contribution is 6.26. The highest BCUT2D eigenvalue weighted by atomic mass is 16.6. The zero-order chi connectivity index (χ0) is 13.4. The van der Waals surface area contributed by atoms with Crippen molar-refractivity contribution < 1.29 is 14.6 Å². The van der Waals surface area contributed by atoms with Crippen molar-refractivity contribution in [3.05, 3.63) is 63.4 Å². The Morgan fingerprint density at radius 2 is 2.11 bits per heavy atom. The molecular weight excluding hydrogens is 248 g/mol. The number of hydrogen-bond acceptors (Lipinski definition) is 5. The number of nitrogens with zero attached hydrogens (tertiary/aromatic N) is 2. The highest BCUT2D eigenvalue weighted by Gasteiger charge is 2.37. The number of carbonyl (C=O) groups is 1. The second kappa shape index (κ2) is 4.16. The van der Waals surface area contributed by atoms with Gasteiger partial charge < -0.3 is 4.84 Å². The van der Waals surface area contributed by atoms with Crippen LogP contribution in [0, 0.1) is 10.1 Å². The molecule has 0 saturated carbocycles. The molecule has 6 heteroatoms. The molecule has 0 radical (unpaired) electrons. The van der Waals surface area contributed by atoms with Gasteiger partial charge in [-0.2, -0.15) is 0 Å². The number of allylic oxidation sites excluding steroid dienone is 1. The van der Waals surface area contributed by atoms with Gasteiger partial charge in [-0.05, 0) is 11.6 Å². The van der Waals surface area contributed by atoms with E-state index >= 15 is 0 Å². The number of Topliss-reactive ketones (excluding diaryl/α,β-unsaturated/α-hetero) is 1. The maximum atomic E-state index is 12.2. The second-order valence-electron chi connectivity index (χ2n) is 4.11. The van der Waals surface area contributed by atoms with Crippen LogP contribution in [-0.2, 0) is 9.63 Å². The number of benzene rings is 1. The third-order valence-electron chi connectivity index (χ3n) is 2.99. The topological polar surface area (TPSA) is 81.8 Å². The third-order valence-corrected chi connectivity index (χ3v) is 2.99. The molecule has 94 valence electrons. The van der Waals surface area contributed by atoms with Gasteiger partial charge in [-0.15, -0.1) is 0 Å². The number of carbonyl (C=O) groups excluding carboxylic acids is 1. The normalized spacial score (nSPS) is 20.4. The van der Waals surface area contributed by atoms with Gasteiger partial charge in [0, 0.05) is 16.6 Å². The molecule has 0 saturated heterocycles. The molecule has 0 amide bonds. The molecule has 0 aromatic heterocycles. The van der Waals surface area contributed by atoms with Gasteiger partial charge >= 0.3 is 0 Å². The molecule has 1 aromatic carbocycles. The van der Waals surface area contributed by atoms with Gasteiger partial charge in [0.25, 0.3) is 6.04 Å². The lowest BCUT2D eigenvalue weighted by atomic mass is 9.89. The maximum Gasteiger partial charge on any atom is 0.293 e. The van der Waals surface area contributed by atoms with E-state index < -0.39 is 16.7 Å². The van der Waals surface area contributed by atoms with Gasteiger partial charge in [0.1, 0.15) is 0 Å². The van der Waals surface area contributed by atoms with E-state index in [4.69, 9.17) is 4.84 Å². The Balaban J connectivity index is 2.20. The quantitative estimate of drug-likeness (QED) is 0.563. The molecule has 3 rings (SSSR count). The number of nitro groups is 1. The van der Waals surface area contributed by atoms with Crippen LogP contribution in [-0.4, -0.2) is 23.0 Å². The summed E-state index contributed by atoms with van der Waals surface area (Å²) in [6.45, 7) is 0. The van der Waals surface area contributed by atoms with Crippen molar-refractivity contribution in [1.29, 1.82) is 0 Å². The van der Waals surface area contributed by atoms with E-state index in [0.717, 1.165) is 0 Å². The van der Waals surface area contributed by atoms with Gasteiger partial charge in [0.2, 0.25) is 5.78 Å². The van der Waals surface area contributed by atoms with E-state index in [1.165, 1.54) is 18.4 Å². The molecule has 0 N–H and O–H groups in total. The largest absolute Gasteiger partial charge is 0.356 e. The van der Waals surface area contributed by atoms with Crippen molar-refractivity contribution in [1.82, 2.24) is 0 Å². The molecule has 1 aliphatic carbocycles. The first-order chi connectivity index (χ1) is 9.18. The molecule has 0 spiro atoms. The van der Waals surface area contributed by atoms with E-state index in [9.17, 15) is 14.9 Å². The molecule has 19 heavy (non-hydrogen) atoms. The third kappa shape index (κ3) is 1.74. The van der Waals surface area contributed by atoms with Crippen LogP contribution in [0.5, 0.6) is 0 Å². The Bertz CT molecular complexity index is 673. The van der Waals surface area contributed by atoms with Gasteiger partial charge in [0.05, 0.1) is 11.8 Å². The summed E-state index contributed by atoms with van der Waals surface area (Å²) in [5.74, 6) is -0.343. The Kier molecular flexibility index (Phi) is 2.49. The predicted octanol–water partition coefficient (Wildman–Crippen LogP) is 1.55. The van der Waals surface area contributed by atoms with Crippen molar-refractivity contribution >= 4 is 17.6 Å². The number of fused-ring (bicyclic) bond motifs is 2. The average molecular weight is 256 g/mol. The molecule has 1 aliphatic heterocycles. The van der Waals surface area contributed by atoms with Crippen molar-refractivity contribution in [2.45, 2.75) is 6.04 Å². The van der Waals surface area contributed by atoms with Crippen LogP contribution >= 0.6 is 0 Å². The van der Waals surface area contributed by atoms with Crippen LogP contribution in [0.25, 0.3) is 5.57 Å². The van der Waals surface area contributed by atoms with Gasteiger partial charge in [0.15, 0.2) is 5.76 Å². The summed E-state index contributed by atoms with van der Waals surface area (Å²) >= 11 is 0. The summed E-state index contributed by atoms with van der Waals surface area (Å²) in [5.41, 5.74) is 1.50. The average Bonchev–Trinajstić information content (AvgIpc) is 2.58. The smallest absolute Gasteiger partial charge is 0.293 e. The van der Waals surface area contributed by atoms with Crippen LogP contribution in [0.4, 0.5) is 0 Å². The molecule has 1 unspecified atom stereocenters. The molecule has 0 fully saturated rings. The molecule has 1 atom stereocenters. The first kappa shape index (κ1) is 11.3. The minimum atomic E-state index is -1.37. The van der Waals surface area contributed by atoms with Crippen molar-refractivity contribution in [3.8, 4) is 0 Å². The summed E-state index contributed by atoms with van der Waals surface area (Å²) in [7, 11) is 0. The standard InChI is InChI=1S/C13H8N2O4/c16-13-10(15(17)18)5-6-11-12(13)9-4-2-1-3-8(9)7-14-19-11/h1-7,10H. The van der Waals surface area contributed by atoms with Crippen molar-refractivity contribution in [2.75, 3.05) is 0 Å². The predicted molar refractivity (Wildman–Crippen MR) is 67.0 cm³/mol. The molecule has 2 aliphatic rings. The summed E-state index contributed by atoms with van der Waals surface area (Å²) in [6.07, 6.45) is 4.12. The Labute approximate surface area is 107 Å². The van der Waals surface area contributed by atoms with Crippen LogP contribution < -0.4 is 0 Å². The van der Waals surface area contributed by atoms with Crippen molar-refractivity contribution in [3.63, 3.8) is 0 Å². The zero-order valence-electron chi connectivity index (χ0n) is 9.65. The first-order valence-corrected chi connectivity index (χ1v) is 5.58. The molecular formula is C13H8N2O4. The van der Waals surface area contributed by atoms with Crippen LogP contribution in [0.15, 0.2) is 47.3 Å². The summed E-state index contributed by atoms with van der Waals surface area (Å²) in [4.78, 5) is 27.6. The van der Waals surface area contributed by atoms with Crippen LogP contribution in [0.2, 0.25) is 0 Å².